The van der Waals surface area contributed by atoms with Gasteiger partial charge in [0, 0.05) is 5.92 Å². The van der Waals surface area contributed by atoms with E-state index in [0.717, 1.165) is 0 Å². The summed E-state index contributed by atoms with van der Waals surface area (Å²) < 4.78 is 12.9. The van der Waals surface area contributed by atoms with Crippen molar-refractivity contribution in [2.24, 2.45) is 5.73 Å². The third kappa shape index (κ3) is 2.76. The highest BCUT2D eigenvalue weighted by Gasteiger charge is 2.24. The van der Waals surface area contributed by atoms with Gasteiger partial charge in [-0.15, -0.1) is 0 Å². The van der Waals surface area contributed by atoms with Crippen molar-refractivity contribution < 1.29 is 14.3 Å². The first-order chi connectivity index (χ1) is 7.06. The lowest BCUT2D eigenvalue weighted by Gasteiger charge is -2.19. The monoisotopic (exact) mass is 211 g/mol. The van der Waals surface area contributed by atoms with Crippen molar-refractivity contribution >= 4 is 5.97 Å². The predicted molar refractivity (Wildman–Crippen MR) is 55.0 cm³/mol. The Morgan fingerprint density at radius 2 is 2.27 bits per heavy atom. The third-order valence-corrected chi connectivity index (χ3v) is 2.44. The Labute approximate surface area is 87.7 Å². The van der Waals surface area contributed by atoms with Crippen LogP contribution in [-0.4, -0.2) is 17.1 Å². The maximum Gasteiger partial charge on any atom is 0.321 e. The number of hydrogen-bond donors (Lipinski definition) is 2. The maximum atomic E-state index is 12.9. The summed E-state index contributed by atoms with van der Waals surface area (Å²) in [6.45, 7) is 1.83. The molecule has 15 heavy (non-hydrogen) atoms. The summed E-state index contributed by atoms with van der Waals surface area (Å²) in [7, 11) is 0. The van der Waals surface area contributed by atoms with Crippen LogP contribution in [0.3, 0.4) is 0 Å². The summed E-state index contributed by atoms with van der Waals surface area (Å²) in [4.78, 5) is 10.7. The highest BCUT2D eigenvalue weighted by Crippen LogP contribution is 2.23. The molecular formula is C11H14FNO2. The van der Waals surface area contributed by atoms with Gasteiger partial charge in [-0.05, 0) is 24.1 Å². The number of halogens is 1. The molecule has 4 heteroatoms. The van der Waals surface area contributed by atoms with Crippen molar-refractivity contribution in [3.05, 3.63) is 35.6 Å². The lowest BCUT2D eigenvalue weighted by Crippen LogP contribution is -2.36. The van der Waals surface area contributed by atoms with Gasteiger partial charge in [-0.1, -0.05) is 19.1 Å². The SMILES string of the molecule is CCC(c1cccc(F)c1)C(N)C(=O)O. The largest absolute Gasteiger partial charge is 0.480 e. The third-order valence-electron chi connectivity index (χ3n) is 2.44. The van der Waals surface area contributed by atoms with Gasteiger partial charge in [-0.3, -0.25) is 4.79 Å². The molecule has 1 aromatic carbocycles. The lowest BCUT2D eigenvalue weighted by atomic mass is 9.89. The Bertz CT molecular complexity index is 354. The number of carboxylic acid groups (broad SMARTS) is 1. The van der Waals surface area contributed by atoms with Gasteiger partial charge in [-0.2, -0.15) is 0 Å². The van der Waals surface area contributed by atoms with Crippen LogP contribution in [0.5, 0.6) is 0 Å². The fourth-order valence-electron chi connectivity index (χ4n) is 1.61. The minimum atomic E-state index is -1.06. The molecule has 0 spiro atoms. The van der Waals surface area contributed by atoms with Crippen LogP contribution in [0.2, 0.25) is 0 Å². The zero-order valence-corrected chi connectivity index (χ0v) is 8.48. The zero-order valence-electron chi connectivity index (χ0n) is 8.48. The molecule has 3 nitrogen and oxygen atoms in total. The van der Waals surface area contributed by atoms with E-state index >= 15 is 0 Å². The van der Waals surface area contributed by atoms with Crippen LogP contribution < -0.4 is 5.73 Å². The molecular weight excluding hydrogens is 197 g/mol. The van der Waals surface area contributed by atoms with E-state index in [1.165, 1.54) is 12.1 Å². The normalized spacial score (nSPS) is 14.6. The van der Waals surface area contributed by atoms with Crippen LogP contribution in [0.1, 0.15) is 24.8 Å². The lowest BCUT2D eigenvalue weighted by molar-refractivity contribution is -0.139. The number of aliphatic carboxylic acids is 1. The molecule has 1 rings (SSSR count). The molecule has 0 aliphatic heterocycles. The number of nitrogens with two attached hydrogens (primary N) is 1. The van der Waals surface area contributed by atoms with Gasteiger partial charge in [0.15, 0.2) is 0 Å². The molecule has 0 radical (unpaired) electrons. The molecule has 3 N–H and O–H groups in total. The standard InChI is InChI=1S/C11H14FNO2/c1-2-9(10(13)11(14)15)7-4-3-5-8(12)6-7/h3-6,9-10H,2,13H2,1H3,(H,14,15). The summed E-state index contributed by atoms with van der Waals surface area (Å²) in [5.74, 6) is -1.78. The topological polar surface area (TPSA) is 63.3 Å². The molecule has 0 aromatic heterocycles. The molecule has 0 fully saturated rings. The van der Waals surface area contributed by atoms with Gasteiger partial charge in [0.1, 0.15) is 11.9 Å². The molecule has 82 valence electrons. The first kappa shape index (κ1) is 11.7. The smallest absolute Gasteiger partial charge is 0.321 e. The minimum Gasteiger partial charge on any atom is -0.480 e. The van der Waals surface area contributed by atoms with Crippen LogP contribution in [0, 0.1) is 5.82 Å². The fraction of sp³-hybridized carbons (Fsp3) is 0.364. The predicted octanol–water partition coefficient (Wildman–Crippen LogP) is 1.73. The van der Waals surface area contributed by atoms with E-state index in [9.17, 15) is 9.18 Å². The molecule has 1 aromatic rings. The van der Waals surface area contributed by atoms with E-state index in [4.69, 9.17) is 10.8 Å². The molecule has 0 amide bonds. The summed E-state index contributed by atoms with van der Waals surface area (Å²) in [5.41, 5.74) is 6.16. The first-order valence-electron chi connectivity index (χ1n) is 4.80. The average Bonchev–Trinajstić information content (AvgIpc) is 2.18. The second-order valence-electron chi connectivity index (χ2n) is 3.43. The van der Waals surface area contributed by atoms with Gasteiger partial charge in [0.05, 0.1) is 0 Å². The minimum absolute atomic E-state index is 0.349. The highest BCUT2D eigenvalue weighted by molar-refractivity contribution is 5.74. The van der Waals surface area contributed by atoms with Gasteiger partial charge >= 0.3 is 5.97 Å². The van der Waals surface area contributed by atoms with Crippen LogP contribution in [0.15, 0.2) is 24.3 Å². The van der Waals surface area contributed by atoms with Gasteiger partial charge in [0.25, 0.3) is 0 Å². The van der Waals surface area contributed by atoms with Crippen LogP contribution >= 0.6 is 0 Å². The van der Waals surface area contributed by atoms with Crippen LogP contribution in [0.25, 0.3) is 0 Å². The molecule has 0 bridgehead atoms. The highest BCUT2D eigenvalue weighted by atomic mass is 19.1. The first-order valence-corrected chi connectivity index (χ1v) is 4.80. The van der Waals surface area contributed by atoms with Gasteiger partial charge in [-0.25, -0.2) is 4.39 Å². The Hall–Kier alpha value is -1.42. The quantitative estimate of drug-likeness (QED) is 0.797. The Balaban J connectivity index is 2.97. The summed E-state index contributed by atoms with van der Waals surface area (Å²) >= 11 is 0. The van der Waals surface area contributed by atoms with E-state index < -0.39 is 12.0 Å². The van der Waals surface area contributed by atoms with E-state index in [1.54, 1.807) is 12.1 Å². The van der Waals surface area contributed by atoms with Gasteiger partial charge < -0.3 is 10.8 Å². The van der Waals surface area contributed by atoms with E-state index in [-0.39, 0.29) is 11.7 Å². The molecule has 0 heterocycles. The number of carbonyl (C=O) groups is 1. The van der Waals surface area contributed by atoms with Crippen molar-refractivity contribution in [2.75, 3.05) is 0 Å². The molecule has 0 aliphatic carbocycles. The molecule has 2 unspecified atom stereocenters. The van der Waals surface area contributed by atoms with E-state index in [2.05, 4.69) is 0 Å². The molecule has 0 saturated carbocycles. The number of carboxylic acids is 1. The fourth-order valence-corrected chi connectivity index (χ4v) is 1.61. The van der Waals surface area contributed by atoms with Gasteiger partial charge in [0.2, 0.25) is 0 Å². The van der Waals surface area contributed by atoms with Crippen molar-refractivity contribution in [1.82, 2.24) is 0 Å². The molecule has 2 atom stereocenters. The van der Waals surface area contributed by atoms with Crippen molar-refractivity contribution in [3.8, 4) is 0 Å². The zero-order chi connectivity index (χ0) is 11.4. The summed E-state index contributed by atoms with van der Waals surface area (Å²) in [6.07, 6.45) is 0.566. The average molecular weight is 211 g/mol. The second-order valence-corrected chi connectivity index (χ2v) is 3.43. The maximum absolute atomic E-state index is 12.9. The summed E-state index contributed by atoms with van der Waals surface area (Å²) in [6, 6.07) is 4.92. The Kier molecular flexibility index (Phi) is 3.80. The Morgan fingerprint density at radius 3 is 2.73 bits per heavy atom. The van der Waals surface area contributed by atoms with E-state index in [1.807, 2.05) is 6.92 Å². The number of rotatable bonds is 4. The molecule has 0 aliphatic rings. The van der Waals surface area contributed by atoms with Crippen molar-refractivity contribution in [1.29, 1.82) is 0 Å². The van der Waals surface area contributed by atoms with Crippen LogP contribution in [-0.2, 0) is 4.79 Å². The second kappa shape index (κ2) is 4.89. The molecule has 0 saturated heterocycles. The van der Waals surface area contributed by atoms with Crippen molar-refractivity contribution in [3.63, 3.8) is 0 Å². The Morgan fingerprint density at radius 1 is 1.60 bits per heavy atom. The van der Waals surface area contributed by atoms with E-state index in [0.29, 0.717) is 12.0 Å². The number of hydrogen-bond acceptors (Lipinski definition) is 2. The number of benzene rings is 1. The van der Waals surface area contributed by atoms with Crippen molar-refractivity contribution in [2.45, 2.75) is 25.3 Å². The summed E-state index contributed by atoms with van der Waals surface area (Å²) in [5, 5.41) is 8.80. The van der Waals surface area contributed by atoms with Crippen LogP contribution in [0.4, 0.5) is 4.39 Å².